The monoisotopic (exact) mass is 441 g/mol. The summed E-state index contributed by atoms with van der Waals surface area (Å²) in [5.74, 6) is 0.487. The van der Waals surface area contributed by atoms with Crippen molar-refractivity contribution in [2.75, 3.05) is 43.7 Å². The molecule has 2 amide bonds. The van der Waals surface area contributed by atoms with Crippen molar-refractivity contribution in [1.82, 2.24) is 5.32 Å². The summed E-state index contributed by atoms with van der Waals surface area (Å²) in [5.41, 5.74) is 1.51. The van der Waals surface area contributed by atoms with E-state index in [1.165, 1.54) is 7.11 Å². The summed E-state index contributed by atoms with van der Waals surface area (Å²) in [6.45, 7) is 0.230. The van der Waals surface area contributed by atoms with Gasteiger partial charge in [0.2, 0.25) is 0 Å². The smallest absolute Gasteiger partial charge is 0.319 e. The predicted molar refractivity (Wildman–Crippen MR) is 125 cm³/mol. The maximum Gasteiger partial charge on any atom is 0.319 e. The Morgan fingerprint density at radius 2 is 1.68 bits per heavy atom. The van der Waals surface area contributed by atoms with E-state index in [0.29, 0.717) is 28.1 Å². The van der Waals surface area contributed by atoms with Gasteiger partial charge in [-0.25, -0.2) is 13.2 Å². The van der Waals surface area contributed by atoms with Gasteiger partial charge in [-0.05, 0) is 30.7 Å². The SMILES string of the molecule is COc1ccccc1NC(=O)NCCCS(=O)(=O)c1cccc2c(N(C)C)cccc12. The summed E-state index contributed by atoms with van der Waals surface area (Å²) in [6.07, 6.45) is 0.297. The highest BCUT2D eigenvalue weighted by Crippen LogP contribution is 2.30. The molecular weight excluding hydrogens is 414 g/mol. The number of rotatable bonds is 8. The second kappa shape index (κ2) is 9.70. The first-order chi connectivity index (χ1) is 14.8. The predicted octanol–water partition coefficient (Wildman–Crippen LogP) is 3.90. The van der Waals surface area contributed by atoms with E-state index in [4.69, 9.17) is 4.74 Å². The number of fused-ring (bicyclic) bond motifs is 1. The van der Waals surface area contributed by atoms with E-state index in [2.05, 4.69) is 10.6 Å². The average molecular weight is 442 g/mol. The Kier molecular flexibility index (Phi) is 7.02. The minimum absolute atomic E-state index is 0.0623. The van der Waals surface area contributed by atoms with E-state index in [1.54, 1.807) is 30.3 Å². The van der Waals surface area contributed by atoms with Crippen LogP contribution in [0.25, 0.3) is 10.8 Å². The Labute approximate surface area is 182 Å². The third kappa shape index (κ3) is 5.27. The number of carbonyl (C=O) groups is 1. The number of carbonyl (C=O) groups excluding carboxylic acids is 1. The highest BCUT2D eigenvalue weighted by molar-refractivity contribution is 7.91. The van der Waals surface area contributed by atoms with Crippen molar-refractivity contribution in [3.05, 3.63) is 60.7 Å². The first-order valence-electron chi connectivity index (χ1n) is 9.93. The Bertz CT molecular complexity index is 1180. The molecule has 164 valence electrons. The number of nitrogens with one attached hydrogen (secondary N) is 2. The molecule has 0 bridgehead atoms. The van der Waals surface area contributed by atoms with E-state index in [-0.39, 0.29) is 12.3 Å². The number of para-hydroxylation sites is 2. The summed E-state index contributed by atoms with van der Waals surface area (Å²) < 4.78 is 31.2. The van der Waals surface area contributed by atoms with Gasteiger partial charge >= 0.3 is 6.03 Å². The van der Waals surface area contributed by atoms with Crippen LogP contribution in [-0.4, -0.2) is 48.0 Å². The molecule has 3 aromatic carbocycles. The van der Waals surface area contributed by atoms with Crippen LogP contribution in [0.2, 0.25) is 0 Å². The summed E-state index contributed by atoms with van der Waals surface area (Å²) in [5, 5.41) is 6.99. The van der Waals surface area contributed by atoms with Crippen LogP contribution in [0.4, 0.5) is 16.2 Å². The lowest BCUT2D eigenvalue weighted by Crippen LogP contribution is -2.30. The molecule has 2 N–H and O–H groups in total. The van der Waals surface area contributed by atoms with E-state index >= 15 is 0 Å². The summed E-state index contributed by atoms with van der Waals surface area (Å²) in [7, 11) is 1.88. The van der Waals surface area contributed by atoms with Crippen molar-refractivity contribution >= 4 is 38.0 Å². The lowest BCUT2D eigenvalue weighted by atomic mass is 10.1. The number of nitrogens with zero attached hydrogens (tertiary/aromatic N) is 1. The van der Waals surface area contributed by atoms with Crippen molar-refractivity contribution in [2.24, 2.45) is 0 Å². The molecule has 0 saturated heterocycles. The fraction of sp³-hybridized carbons (Fsp3) is 0.261. The molecule has 0 aromatic heterocycles. The second-order valence-corrected chi connectivity index (χ2v) is 9.35. The third-order valence-electron chi connectivity index (χ3n) is 4.91. The zero-order valence-corrected chi connectivity index (χ0v) is 18.7. The molecule has 3 rings (SSSR count). The molecule has 0 aliphatic heterocycles. The van der Waals surface area contributed by atoms with Gasteiger partial charge in [0.1, 0.15) is 5.75 Å². The molecule has 0 fully saturated rings. The molecule has 0 saturated carbocycles. The number of methoxy groups -OCH3 is 1. The van der Waals surface area contributed by atoms with Crippen LogP contribution in [0.3, 0.4) is 0 Å². The average Bonchev–Trinajstić information content (AvgIpc) is 2.76. The van der Waals surface area contributed by atoms with Gasteiger partial charge in [0.25, 0.3) is 0 Å². The number of amides is 2. The molecule has 0 unspecified atom stereocenters. The van der Waals surface area contributed by atoms with Gasteiger partial charge in [0.15, 0.2) is 9.84 Å². The number of benzene rings is 3. The summed E-state index contributed by atoms with van der Waals surface area (Å²) in [4.78, 5) is 14.4. The van der Waals surface area contributed by atoms with Crippen molar-refractivity contribution < 1.29 is 17.9 Å². The third-order valence-corrected chi connectivity index (χ3v) is 6.76. The van der Waals surface area contributed by atoms with E-state index in [1.807, 2.05) is 49.3 Å². The lowest BCUT2D eigenvalue weighted by molar-refractivity contribution is 0.252. The van der Waals surface area contributed by atoms with Gasteiger partial charge in [-0.1, -0.05) is 36.4 Å². The maximum atomic E-state index is 13.0. The Hall–Kier alpha value is -3.26. The lowest BCUT2D eigenvalue weighted by Gasteiger charge is -2.17. The topological polar surface area (TPSA) is 87.7 Å². The molecular formula is C23H27N3O4S. The van der Waals surface area contributed by atoms with E-state index < -0.39 is 15.9 Å². The summed E-state index contributed by atoms with van der Waals surface area (Å²) in [6, 6.07) is 17.6. The molecule has 7 nitrogen and oxygen atoms in total. The van der Waals surface area contributed by atoms with Gasteiger partial charge in [-0.2, -0.15) is 0 Å². The standard InChI is InChI=1S/C23H27N3O4S/c1-26(2)20-12-6-10-18-17(20)9-7-14-22(18)31(28,29)16-8-15-24-23(27)25-19-11-4-5-13-21(19)30-3/h4-7,9-14H,8,15-16H2,1-3H3,(H2,24,25,27). The van der Waals surface area contributed by atoms with Gasteiger partial charge in [-0.3, -0.25) is 0 Å². The highest BCUT2D eigenvalue weighted by Gasteiger charge is 2.18. The quantitative estimate of drug-likeness (QED) is 0.518. The van der Waals surface area contributed by atoms with Crippen LogP contribution in [0.15, 0.2) is 65.6 Å². The van der Waals surface area contributed by atoms with Gasteiger partial charge in [-0.15, -0.1) is 0 Å². The maximum absolute atomic E-state index is 13.0. The number of hydrogen-bond acceptors (Lipinski definition) is 5. The van der Waals surface area contributed by atoms with Crippen LogP contribution in [0, 0.1) is 0 Å². The zero-order chi connectivity index (χ0) is 22.4. The Morgan fingerprint density at radius 1 is 0.968 bits per heavy atom. The van der Waals surface area contributed by atoms with Crippen molar-refractivity contribution in [1.29, 1.82) is 0 Å². The Balaban J connectivity index is 1.63. The van der Waals surface area contributed by atoms with E-state index in [9.17, 15) is 13.2 Å². The molecule has 8 heteroatoms. The minimum Gasteiger partial charge on any atom is -0.495 e. The van der Waals surface area contributed by atoms with Crippen molar-refractivity contribution in [3.8, 4) is 5.75 Å². The Morgan fingerprint density at radius 3 is 2.42 bits per heavy atom. The molecule has 0 spiro atoms. The van der Waals surface area contributed by atoms with Crippen LogP contribution in [0.1, 0.15) is 6.42 Å². The van der Waals surface area contributed by atoms with Crippen LogP contribution < -0.4 is 20.3 Å². The van der Waals surface area contributed by atoms with Crippen molar-refractivity contribution in [3.63, 3.8) is 0 Å². The normalized spacial score (nSPS) is 11.2. The fourth-order valence-corrected chi connectivity index (χ4v) is 4.96. The van der Waals surface area contributed by atoms with Gasteiger partial charge in [0, 0.05) is 37.1 Å². The number of hydrogen-bond donors (Lipinski definition) is 2. The van der Waals surface area contributed by atoms with E-state index in [0.717, 1.165) is 11.1 Å². The van der Waals surface area contributed by atoms with Gasteiger partial charge in [0.05, 0.1) is 23.4 Å². The molecule has 0 aliphatic rings. The highest BCUT2D eigenvalue weighted by atomic mass is 32.2. The first kappa shape index (κ1) is 22.4. The van der Waals surface area contributed by atoms with Crippen LogP contribution in [-0.2, 0) is 9.84 Å². The molecule has 0 atom stereocenters. The number of anilines is 2. The molecule has 0 radical (unpaired) electrons. The zero-order valence-electron chi connectivity index (χ0n) is 17.9. The van der Waals surface area contributed by atoms with Crippen LogP contribution in [0.5, 0.6) is 5.75 Å². The second-order valence-electron chi connectivity index (χ2n) is 7.28. The fourth-order valence-electron chi connectivity index (χ4n) is 3.41. The van der Waals surface area contributed by atoms with Gasteiger partial charge < -0.3 is 20.3 Å². The molecule has 0 heterocycles. The molecule has 0 aliphatic carbocycles. The number of urea groups is 1. The number of sulfone groups is 1. The number of ether oxygens (including phenoxy) is 1. The molecule has 31 heavy (non-hydrogen) atoms. The van der Waals surface area contributed by atoms with Crippen molar-refractivity contribution in [2.45, 2.75) is 11.3 Å². The minimum atomic E-state index is -3.51. The van der Waals surface area contributed by atoms with Crippen LogP contribution >= 0.6 is 0 Å². The molecule has 3 aromatic rings. The summed E-state index contributed by atoms with van der Waals surface area (Å²) >= 11 is 0. The first-order valence-corrected chi connectivity index (χ1v) is 11.6. The largest absolute Gasteiger partial charge is 0.495 e.